The van der Waals surface area contributed by atoms with Gasteiger partial charge in [-0.2, -0.15) is 0 Å². The van der Waals surface area contributed by atoms with Crippen molar-refractivity contribution in [1.29, 1.82) is 0 Å². The number of hydrogen-bond acceptors (Lipinski definition) is 3. The van der Waals surface area contributed by atoms with E-state index in [4.69, 9.17) is 0 Å². The molecule has 1 fully saturated rings. The highest BCUT2D eigenvalue weighted by atomic mass is 19.1. The number of terminal acetylenes is 2. The van der Waals surface area contributed by atoms with Gasteiger partial charge < -0.3 is 16.4 Å². The summed E-state index contributed by atoms with van der Waals surface area (Å²) in [4.78, 5) is 0. The number of benzene rings is 2. The summed E-state index contributed by atoms with van der Waals surface area (Å²) >= 11 is 0. The van der Waals surface area contributed by atoms with Crippen molar-refractivity contribution in [3.8, 4) is 25.7 Å². The van der Waals surface area contributed by atoms with Gasteiger partial charge >= 0.3 is 0 Å². The van der Waals surface area contributed by atoms with Crippen LogP contribution in [0.2, 0.25) is 0 Å². The van der Waals surface area contributed by atoms with Crippen molar-refractivity contribution in [1.82, 2.24) is 10.6 Å². The number of hydrogen-bond donors (Lipinski definition) is 3. The van der Waals surface area contributed by atoms with Crippen LogP contribution in [-0.2, 0) is 6.54 Å². The van der Waals surface area contributed by atoms with Gasteiger partial charge in [0, 0.05) is 17.8 Å². The van der Waals surface area contributed by atoms with Crippen LogP contribution in [-0.4, -0.2) is 21.1 Å². The minimum absolute atomic E-state index is 0.298. The first-order valence-electron chi connectivity index (χ1n) is 14.9. The summed E-state index contributed by atoms with van der Waals surface area (Å²) in [5.41, 5.74) is 10.8. The fourth-order valence-corrected chi connectivity index (χ4v) is 4.49. The molecule has 0 saturated heterocycles. The van der Waals surface area contributed by atoms with Gasteiger partial charge in [0.25, 0.3) is 0 Å². The topological polar surface area (TPSA) is 50.1 Å². The molecule has 3 rings (SSSR count). The molecule has 0 bridgehead atoms. The van der Waals surface area contributed by atoms with Crippen molar-refractivity contribution in [3.63, 3.8) is 0 Å². The number of halogens is 1. The third-order valence-corrected chi connectivity index (χ3v) is 6.41. The molecule has 2 aromatic rings. The van der Waals surface area contributed by atoms with Crippen LogP contribution in [0.25, 0.3) is 11.3 Å². The Morgan fingerprint density at radius 1 is 0.977 bits per heavy atom. The number of aryl methyl sites for hydroxylation is 2. The number of nitrogens with two attached hydrogens (primary N) is 1. The predicted molar refractivity (Wildman–Crippen MR) is 193 cm³/mol. The Kier molecular flexibility index (Phi) is 30.1. The van der Waals surface area contributed by atoms with E-state index in [-0.39, 0.29) is 5.82 Å². The zero-order valence-electron chi connectivity index (χ0n) is 28.0. The average Bonchev–Trinajstić information content (AvgIpc) is 3.04. The second-order valence-corrected chi connectivity index (χ2v) is 9.79. The van der Waals surface area contributed by atoms with Crippen LogP contribution < -0.4 is 16.4 Å². The molecule has 4 N–H and O–H groups in total. The van der Waals surface area contributed by atoms with Gasteiger partial charge in [0.2, 0.25) is 0 Å². The van der Waals surface area contributed by atoms with E-state index in [1.165, 1.54) is 62.8 Å². The standard InChI is InChI=1S/C24H26FN.C8H16.C2H7N.2C2H2.CH5N/c1-6-8-9-21(7-2)22-10-11-23(24(25)15-22)19(5)26-16-20-13-17(3)12-18(4)14-20;1-2-8-6-4-3-5-7-8;1-3-2;3*1-2/h6-15,26H,2,5,16H2,1,3-4H3;8H,2-7H2,1H3;3H,1-2H3;2*1-2H;2H2,1H3/b8-6-,21-9+;;;;;. The van der Waals surface area contributed by atoms with Crippen molar-refractivity contribution in [2.24, 2.45) is 11.7 Å². The van der Waals surface area contributed by atoms with Crippen molar-refractivity contribution >= 4 is 11.3 Å². The van der Waals surface area contributed by atoms with Crippen molar-refractivity contribution in [2.75, 3.05) is 21.1 Å². The first-order valence-corrected chi connectivity index (χ1v) is 14.9. The van der Waals surface area contributed by atoms with E-state index < -0.39 is 0 Å². The highest BCUT2D eigenvalue weighted by Crippen LogP contribution is 2.25. The maximum atomic E-state index is 14.6. The van der Waals surface area contributed by atoms with E-state index in [0.29, 0.717) is 17.8 Å². The van der Waals surface area contributed by atoms with E-state index in [1.54, 1.807) is 12.1 Å². The second-order valence-electron chi connectivity index (χ2n) is 9.79. The maximum Gasteiger partial charge on any atom is 0.133 e. The zero-order chi connectivity index (χ0) is 33.6. The second kappa shape index (κ2) is 29.7. The average molecular weight is 588 g/mol. The molecular weight excluding hydrogens is 529 g/mol. The zero-order valence-corrected chi connectivity index (χ0v) is 28.0. The lowest BCUT2D eigenvalue weighted by Crippen LogP contribution is -2.12. The van der Waals surface area contributed by atoms with Gasteiger partial charge in [-0.25, -0.2) is 4.39 Å². The molecular formula is C39H58FN3. The van der Waals surface area contributed by atoms with E-state index >= 15 is 0 Å². The van der Waals surface area contributed by atoms with Gasteiger partial charge in [0.15, 0.2) is 0 Å². The Hall–Kier alpha value is -3.83. The normalized spacial score (nSPS) is 12.1. The predicted octanol–water partition coefficient (Wildman–Crippen LogP) is 9.23. The van der Waals surface area contributed by atoms with Crippen molar-refractivity contribution in [2.45, 2.75) is 72.8 Å². The molecule has 1 aliphatic rings. The summed E-state index contributed by atoms with van der Waals surface area (Å²) in [6, 6.07) is 11.5. The number of allylic oxidation sites excluding steroid dienone is 5. The quantitative estimate of drug-likeness (QED) is 0.213. The van der Waals surface area contributed by atoms with E-state index in [0.717, 1.165) is 22.6 Å². The van der Waals surface area contributed by atoms with Gasteiger partial charge in [0.05, 0.1) is 0 Å². The number of nitrogens with one attached hydrogen (secondary N) is 2. The van der Waals surface area contributed by atoms with Crippen LogP contribution in [0.4, 0.5) is 4.39 Å². The van der Waals surface area contributed by atoms with Gasteiger partial charge in [-0.1, -0.05) is 118 Å². The summed E-state index contributed by atoms with van der Waals surface area (Å²) in [5, 5.41) is 5.98. The van der Waals surface area contributed by atoms with E-state index in [1.807, 2.05) is 45.3 Å². The Bertz CT molecular complexity index is 1090. The molecule has 2 aromatic carbocycles. The molecule has 0 aromatic heterocycles. The molecule has 43 heavy (non-hydrogen) atoms. The minimum Gasteiger partial charge on any atom is -0.381 e. The first kappa shape index (κ1) is 43.6. The molecule has 0 spiro atoms. The van der Waals surface area contributed by atoms with Crippen LogP contribution in [0.5, 0.6) is 0 Å². The summed E-state index contributed by atoms with van der Waals surface area (Å²) in [5.74, 6) is 0.789. The van der Waals surface area contributed by atoms with Gasteiger partial charge in [-0.3, -0.25) is 0 Å². The Balaban J connectivity index is -0.000000776. The Labute approximate surface area is 264 Å². The molecule has 1 aliphatic carbocycles. The third kappa shape index (κ3) is 19.8. The fraction of sp³-hybridized carbons (Fsp3) is 0.385. The van der Waals surface area contributed by atoms with Gasteiger partial charge in [-0.15, -0.1) is 25.7 Å². The highest BCUT2D eigenvalue weighted by Gasteiger charge is 2.10. The Morgan fingerprint density at radius 2 is 1.51 bits per heavy atom. The Morgan fingerprint density at radius 3 is 1.93 bits per heavy atom. The van der Waals surface area contributed by atoms with Crippen LogP contribution in [0.3, 0.4) is 0 Å². The summed E-state index contributed by atoms with van der Waals surface area (Å²) in [7, 11) is 5.25. The molecule has 0 unspecified atom stereocenters. The lowest BCUT2D eigenvalue weighted by Gasteiger charge is -2.18. The monoisotopic (exact) mass is 587 g/mol. The molecule has 0 radical (unpaired) electrons. The van der Waals surface area contributed by atoms with Crippen LogP contribution in [0.15, 0.2) is 73.9 Å². The smallest absolute Gasteiger partial charge is 0.133 e. The molecule has 0 atom stereocenters. The highest BCUT2D eigenvalue weighted by molar-refractivity contribution is 5.76. The minimum atomic E-state index is -0.298. The van der Waals surface area contributed by atoms with Gasteiger partial charge in [0.1, 0.15) is 5.82 Å². The van der Waals surface area contributed by atoms with Crippen LogP contribution in [0, 0.1) is 51.3 Å². The molecule has 0 amide bonds. The number of rotatable bonds is 8. The van der Waals surface area contributed by atoms with Crippen molar-refractivity contribution in [3.05, 3.63) is 107 Å². The SMILES string of the molecule is C#C.C#C.C=C/C(=C\C=C/C)c1ccc(C(=C)NCc2cc(C)cc(C)c2)c(F)c1.CCC1CCCCC1.CN.CNC. The molecule has 0 heterocycles. The third-order valence-electron chi connectivity index (χ3n) is 6.41. The van der Waals surface area contributed by atoms with Crippen LogP contribution in [0.1, 0.15) is 80.2 Å². The molecule has 1 saturated carbocycles. The molecule has 236 valence electrons. The van der Waals surface area contributed by atoms with E-state index in [2.05, 4.69) is 94.2 Å². The van der Waals surface area contributed by atoms with Crippen LogP contribution >= 0.6 is 0 Å². The summed E-state index contributed by atoms with van der Waals surface area (Å²) in [6.07, 6.45) is 32.4. The lowest BCUT2D eigenvalue weighted by atomic mass is 9.88. The fourth-order valence-electron chi connectivity index (χ4n) is 4.49. The largest absolute Gasteiger partial charge is 0.381 e. The first-order chi connectivity index (χ1) is 20.8. The molecule has 4 heteroatoms. The maximum absolute atomic E-state index is 14.6. The summed E-state index contributed by atoms with van der Waals surface area (Å²) < 4.78 is 14.6. The lowest BCUT2D eigenvalue weighted by molar-refractivity contribution is 0.349. The molecule has 0 aliphatic heterocycles. The summed E-state index contributed by atoms with van der Waals surface area (Å²) in [6.45, 7) is 16.8. The van der Waals surface area contributed by atoms with Gasteiger partial charge in [-0.05, 0) is 76.7 Å². The molecule has 3 nitrogen and oxygen atoms in total. The van der Waals surface area contributed by atoms with E-state index in [9.17, 15) is 4.39 Å². The van der Waals surface area contributed by atoms with Crippen molar-refractivity contribution < 1.29 is 4.39 Å².